The molecule has 96 valence electrons. The summed E-state index contributed by atoms with van der Waals surface area (Å²) in [6.45, 7) is 10.2. The second-order valence-electron chi connectivity index (χ2n) is 4.76. The Bertz CT molecular complexity index is 273. The summed E-state index contributed by atoms with van der Waals surface area (Å²) in [7, 11) is 0. The van der Waals surface area contributed by atoms with Gasteiger partial charge in [-0.1, -0.05) is 51.1 Å². The van der Waals surface area contributed by atoms with Crippen molar-refractivity contribution in [3.63, 3.8) is 0 Å². The van der Waals surface area contributed by atoms with Gasteiger partial charge in [0.2, 0.25) is 0 Å². The Hall–Kier alpha value is -0.820. The standard InChI is InChI=1S/C14H21N.C2H6/c1-13-7-10-15(11-8-13)12-9-14-5-3-2-4-6-14;1-2/h2-6,13H,7-12H2,1H3;1-2H3. The summed E-state index contributed by atoms with van der Waals surface area (Å²) in [5.41, 5.74) is 1.47. The van der Waals surface area contributed by atoms with Gasteiger partial charge in [0.05, 0.1) is 0 Å². The fourth-order valence-electron chi connectivity index (χ4n) is 2.22. The van der Waals surface area contributed by atoms with E-state index in [9.17, 15) is 0 Å². The van der Waals surface area contributed by atoms with Crippen molar-refractivity contribution < 1.29 is 0 Å². The van der Waals surface area contributed by atoms with Gasteiger partial charge in [-0.2, -0.15) is 0 Å². The van der Waals surface area contributed by atoms with E-state index < -0.39 is 0 Å². The minimum absolute atomic E-state index is 0.943. The van der Waals surface area contributed by atoms with Gasteiger partial charge < -0.3 is 4.90 Å². The Balaban J connectivity index is 0.000000686. The minimum atomic E-state index is 0.943. The van der Waals surface area contributed by atoms with Crippen LogP contribution in [-0.2, 0) is 6.42 Å². The highest BCUT2D eigenvalue weighted by Crippen LogP contribution is 2.16. The van der Waals surface area contributed by atoms with Crippen molar-refractivity contribution in [3.05, 3.63) is 35.9 Å². The maximum Gasteiger partial charge on any atom is 0.00218 e. The fourth-order valence-corrected chi connectivity index (χ4v) is 2.22. The van der Waals surface area contributed by atoms with Crippen LogP contribution in [0.5, 0.6) is 0 Å². The number of piperidine rings is 1. The molecule has 0 radical (unpaired) electrons. The first-order valence-corrected chi connectivity index (χ1v) is 7.11. The monoisotopic (exact) mass is 233 g/mol. The molecule has 0 saturated carbocycles. The van der Waals surface area contributed by atoms with E-state index in [4.69, 9.17) is 0 Å². The Morgan fingerprint density at radius 1 is 1.06 bits per heavy atom. The zero-order chi connectivity index (χ0) is 12.5. The van der Waals surface area contributed by atoms with Crippen molar-refractivity contribution in [2.75, 3.05) is 19.6 Å². The van der Waals surface area contributed by atoms with E-state index in [1.54, 1.807) is 0 Å². The molecular formula is C16H27N. The van der Waals surface area contributed by atoms with Gasteiger partial charge in [0, 0.05) is 6.54 Å². The van der Waals surface area contributed by atoms with Gasteiger partial charge >= 0.3 is 0 Å². The normalized spacial score (nSPS) is 17.4. The van der Waals surface area contributed by atoms with E-state index in [0.717, 1.165) is 5.92 Å². The molecular weight excluding hydrogens is 206 g/mol. The SMILES string of the molecule is CC.CC1CCN(CCc2ccccc2)CC1. The second kappa shape index (κ2) is 8.30. The Morgan fingerprint density at radius 2 is 1.65 bits per heavy atom. The van der Waals surface area contributed by atoms with Gasteiger partial charge in [-0.15, -0.1) is 0 Å². The average Bonchev–Trinajstić information content (AvgIpc) is 2.42. The lowest BCUT2D eigenvalue weighted by Crippen LogP contribution is -2.34. The highest BCUT2D eigenvalue weighted by molar-refractivity contribution is 5.14. The summed E-state index contributed by atoms with van der Waals surface area (Å²) in [5.74, 6) is 0.943. The summed E-state index contributed by atoms with van der Waals surface area (Å²) >= 11 is 0. The van der Waals surface area contributed by atoms with Gasteiger partial charge in [0.1, 0.15) is 0 Å². The lowest BCUT2D eigenvalue weighted by molar-refractivity contribution is 0.194. The Morgan fingerprint density at radius 3 is 2.24 bits per heavy atom. The molecule has 0 amide bonds. The van der Waals surface area contributed by atoms with Gasteiger partial charge in [0.15, 0.2) is 0 Å². The van der Waals surface area contributed by atoms with Crippen LogP contribution in [-0.4, -0.2) is 24.5 Å². The summed E-state index contributed by atoms with van der Waals surface area (Å²) in [6.07, 6.45) is 3.97. The van der Waals surface area contributed by atoms with Crippen molar-refractivity contribution in [2.45, 2.75) is 40.0 Å². The van der Waals surface area contributed by atoms with E-state index >= 15 is 0 Å². The molecule has 0 unspecified atom stereocenters. The van der Waals surface area contributed by atoms with Crippen molar-refractivity contribution in [1.29, 1.82) is 0 Å². The van der Waals surface area contributed by atoms with Crippen LogP contribution in [0.1, 0.15) is 39.2 Å². The molecule has 0 aromatic heterocycles. The van der Waals surface area contributed by atoms with Gasteiger partial charge in [-0.25, -0.2) is 0 Å². The number of rotatable bonds is 3. The molecule has 2 rings (SSSR count). The van der Waals surface area contributed by atoms with Crippen LogP contribution in [0.15, 0.2) is 30.3 Å². The van der Waals surface area contributed by atoms with E-state index in [-0.39, 0.29) is 0 Å². The molecule has 0 aliphatic carbocycles. The first-order chi connectivity index (χ1) is 8.34. The van der Waals surface area contributed by atoms with E-state index in [1.807, 2.05) is 13.8 Å². The molecule has 0 atom stereocenters. The highest BCUT2D eigenvalue weighted by Gasteiger charge is 2.14. The molecule has 1 aromatic carbocycles. The first kappa shape index (κ1) is 14.2. The van der Waals surface area contributed by atoms with Crippen LogP contribution in [0.3, 0.4) is 0 Å². The van der Waals surface area contributed by atoms with Crippen LogP contribution < -0.4 is 0 Å². The summed E-state index contributed by atoms with van der Waals surface area (Å²) in [5, 5.41) is 0. The molecule has 1 heteroatoms. The molecule has 1 aliphatic rings. The molecule has 1 saturated heterocycles. The van der Waals surface area contributed by atoms with Gasteiger partial charge in [-0.3, -0.25) is 0 Å². The van der Waals surface area contributed by atoms with E-state index in [0.29, 0.717) is 0 Å². The third kappa shape index (κ3) is 5.36. The van der Waals surface area contributed by atoms with Crippen LogP contribution in [0.25, 0.3) is 0 Å². The van der Waals surface area contributed by atoms with E-state index in [1.165, 1.54) is 44.5 Å². The van der Waals surface area contributed by atoms with Crippen molar-refractivity contribution in [3.8, 4) is 0 Å². The lowest BCUT2D eigenvalue weighted by Gasteiger charge is -2.30. The number of likely N-dealkylation sites (tertiary alicyclic amines) is 1. The Labute approximate surface area is 107 Å². The molecule has 0 N–H and O–H groups in total. The second-order valence-corrected chi connectivity index (χ2v) is 4.76. The largest absolute Gasteiger partial charge is 0.303 e. The summed E-state index contributed by atoms with van der Waals surface area (Å²) in [4.78, 5) is 2.60. The number of hydrogen-bond donors (Lipinski definition) is 0. The molecule has 0 bridgehead atoms. The zero-order valence-corrected chi connectivity index (χ0v) is 11.7. The van der Waals surface area contributed by atoms with Gasteiger partial charge in [-0.05, 0) is 43.8 Å². The van der Waals surface area contributed by atoms with Gasteiger partial charge in [0.25, 0.3) is 0 Å². The predicted molar refractivity (Wildman–Crippen MR) is 76.3 cm³/mol. The van der Waals surface area contributed by atoms with Crippen molar-refractivity contribution >= 4 is 0 Å². The van der Waals surface area contributed by atoms with Crippen LogP contribution >= 0.6 is 0 Å². The maximum absolute atomic E-state index is 2.60. The van der Waals surface area contributed by atoms with Crippen LogP contribution in [0, 0.1) is 5.92 Å². The third-order valence-corrected chi connectivity index (χ3v) is 3.44. The smallest absolute Gasteiger partial charge is 0.00218 e. The lowest BCUT2D eigenvalue weighted by atomic mass is 9.99. The molecule has 1 aliphatic heterocycles. The zero-order valence-electron chi connectivity index (χ0n) is 11.7. The summed E-state index contributed by atoms with van der Waals surface area (Å²) < 4.78 is 0. The maximum atomic E-state index is 2.60. The average molecular weight is 233 g/mol. The molecule has 1 nitrogen and oxygen atoms in total. The van der Waals surface area contributed by atoms with Crippen molar-refractivity contribution in [2.24, 2.45) is 5.92 Å². The van der Waals surface area contributed by atoms with Crippen molar-refractivity contribution in [1.82, 2.24) is 4.90 Å². The predicted octanol–water partition coefficient (Wildman–Crippen LogP) is 3.99. The fraction of sp³-hybridized carbons (Fsp3) is 0.625. The molecule has 1 aromatic rings. The van der Waals surface area contributed by atoms with E-state index in [2.05, 4.69) is 42.2 Å². The topological polar surface area (TPSA) is 3.24 Å². The summed E-state index contributed by atoms with van der Waals surface area (Å²) in [6, 6.07) is 10.8. The van der Waals surface area contributed by atoms with Crippen LogP contribution in [0.4, 0.5) is 0 Å². The molecule has 1 fully saturated rings. The Kier molecular flexibility index (Phi) is 6.95. The highest BCUT2D eigenvalue weighted by atomic mass is 15.1. The first-order valence-electron chi connectivity index (χ1n) is 7.11. The number of hydrogen-bond acceptors (Lipinski definition) is 1. The number of benzene rings is 1. The molecule has 0 spiro atoms. The molecule has 17 heavy (non-hydrogen) atoms. The molecule has 1 heterocycles. The number of nitrogens with zero attached hydrogens (tertiary/aromatic N) is 1. The minimum Gasteiger partial charge on any atom is -0.303 e. The van der Waals surface area contributed by atoms with Crippen LogP contribution in [0.2, 0.25) is 0 Å². The third-order valence-electron chi connectivity index (χ3n) is 3.44. The quantitative estimate of drug-likeness (QED) is 0.763.